The molecule has 2 fully saturated rings. The van der Waals surface area contributed by atoms with Crippen molar-refractivity contribution in [2.24, 2.45) is 0 Å². The van der Waals surface area contributed by atoms with Crippen molar-refractivity contribution in [3.63, 3.8) is 0 Å². The molecule has 1 heterocycles. The van der Waals surface area contributed by atoms with Gasteiger partial charge < -0.3 is 5.11 Å². The fourth-order valence-corrected chi connectivity index (χ4v) is 2.11. The summed E-state index contributed by atoms with van der Waals surface area (Å²) in [5.74, 6) is 0. The maximum atomic E-state index is 9.10. The maximum absolute atomic E-state index is 9.10. The molecule has 2 heteroatoms. The molecule has 0 bridgehead atoms. The highest BCUT2D eigenvalue weighted by atomic mass is 16.3. The lowest BCUT2D eigenvalue weighted by molar-refractivity contribution is 0.0836. The smallest absolute Gasteiger partial charge is 0.0586 e. The summed E-state index contributed by atoms with van der Waals surface area (Å²) in [4.78, 5) is 2.52. The number of hydrogen-bond acceptors (Lipinski definition) is 2. The second-order valence-electron chi connectivity index (χ2n) is 3.80. The van der Waals surface area contributed by atoms with Crippen molar-refractivity contribution in [2.75, 3.05) is 13.2 Å². The van der Waals surface area contributed by atoms with Crippen molar-refractivity contribution < 1.29 is 5.11 Å². The van der Waals surface area contributed by atoms with E-state index in [9.17, 15) is 0 Å². The molecule has 2 rings (SSSR count). The van der Waals surface area contributed by atoms with Crippen molar-refractivity contribution in [3.05, 3.63) is 0 Å². The van der Waals surface area contributed by atoms with Crippen molar-refractivity contribution in [1.29, 1.82) is 0 Å². The van der Waals surface area contributed by atoms with E-state index in [0.29, 0.717) is 12.6 Å². The lowest BCUT2D eigenvalue weighted by atomic mass is 10.0. The molecule has 0 aromatic rings. The highest BCUT2D eigenvalue weighted by Gasteiger charge is 2.34. The van der Waals surface area contributed by atoms with Crippen LogP contribution in [0.15, 0.2) is 0 Å². The van der Waals surface area contributed by atoms with Crippen LogP contribution in [0.5, 0.6) is 0 Å². The van der Waals surface area contributed by atoms with Crippen LogP contribution in [0.3, 0.4) is 0 Å². The fraction of sp³-hybridized carbons (Fsp3) is 1.00. The summed E-state index contributed by atoms with van der Waals surface area (Å²) in [5.41, 5.74) is 0. The van der Waals surface area contributed by atoms with Crippen LogP contribution in [-0.2, 0) is 0 Å². The van der Waals surface area contributed by atoms with Gasteiger partial charge in [-0.25, -0.2) is 0 Å². The van der Waals surface area contributed by atoms with E-state index < -0.39 is 0 Å². The van der Waals surface area contributed by atoms with Gasteiger partial charge in [0.2, 0.25) is 0 Å². The zero-order valence-electron chi connectivity index (χ0n) is 7.00. The number of aliphatic hydroxyl groups excluding tert-OH is 1. The van der Waals surface area contributed by atoms with Crippen LogP contribution >= 0.6 is 0 Å². The summed E-state index contributed by atoms with van der Waals surface area (Å²) in [6, 6.07) is 1.34. The van der Waals surface area contributed by atoms with Gasteiger partial charge in [-0.15, -0.1) is 0 Å². The van der Waals surface area contributed by atoms with Crippen LogP contribution in [0.4, 0.5) is 0 Å². The first-order chi connectivity index (χ1) is 5.42. The van der Waals surface area contributed by atoms with E-state index in [0.717, 1.165) is 6.04 Å². The Labute approximate surface area is 68.2 Å². The second kappa shape index (κ2) is 3.11. The van der Waals surface area contributed by atoms with Crippen LogP contribution in [0.25, 0.3) is 0 Å². The van der Waals surface area contributed by atoms with Crippen LogP contribution in [0, 0.1) is 0 Å². The minimum Gasteiger partial charge on any atom is -0.395 e. The van der Waals surface area contributed by atoms with Gasteiger partial charge in [0.15, 0.2) is 0 Å². The first-order valence-corrected chi connectivity index (χ1v) is 4.78. The zero-order valence-corrected chi connectivity index (χ0v) is 7.00. The Morgan fingerprint density at radius 1 is 1.18 bits per heavy atom. The fourth-order valence-electron chi connectivity index (χ4n) is 2.11. The van der Waals surface area contributed by atoms with Crippen LogP contribution < -0.4 is 0 Å². The Kier molecular flexibility index (Phi) is 2.14. The SMILES string of the molecule is OCC1CCCCN1C1CC1. The number of piperidine rings is 1. The van der Waals surface area contributed by atoms with E-state index in [2.05, 4.69) is 4.90 Å². The molecule has 64 valence electrons. The Hall–Kier alpha value is -0.0800. The van der Waals surface area contributed by atoms with Gasteiger partial charge >= 0.3 is 0 Å². The summed E-state index contributed by atoms with van der Waals surface area (Å²) in [6.07, 6.45) is 6.61. The molecule has 2 nitrogen and oxygen atoms in total. The minimum atomic E-state index is 0.372. The molecule has 1 atom stereocenters. The Balaban J connectivity index is 1.91. The number of likely N-dealkylation sites (tertiary alicyclic amines) is 1. The van der Waals surface area contributed by atoms with E-state index in [1.165, 1.54) is 38.6 Å². The quantitative estimate of drug-likeness (QED) is 0.643. The van der Waals surface area contributed by atoms with Gasteiger partial charge in [0, 0.05) is 12.1 Å². The summed E-state index contributed by atoms with van der Waals surface area (Å²) < 4.78 is 0. The maximum Gasteiger partial charge on any atom is 0.0586 e. The Morgan fingerprint density at radius 3 is 2.64 bits per heavy atom. The number of aliphatic hydroxyl groups is 1. The van der Waals surface area contributed by atoms with Gasteiger partial charge in [-0.1, -0.05) is 6.42 Å². The van der Waals surface area contributed by atoms with Crippen molar-refractivity contribution in [2.45, 2.75) is 44.2 Å². The van der Waals surface area contributed by atoms with Crippen molar-refractivity contribution in [1.82, 2.24) is 4.90 Å². The largest absolute Gasteiger partial charge is 0.395 e. The normalized spacial score (nSPS) is 34.1. The number of nitrogens with zero attached hydrogens (tertiary/aromatic N) is 1. The van der Waals surface area contributed by atoms with E-state index in [4.69, 9.17) is 5.11 Å². The predicted molar refractivity (Wildman–Crippen MR) is 44.5 cm³/mol. The molecule has 0 spiro atoms. The standard InChI is InChI=1S/C9H17NO/c11-7-9-3-1-2-6-10(9)8-4-5-8/h8-9,11H,1-7H2. The molecular weight excluding hydrogens is 138 g/mol. The Bertz CT molecular complexity index is 134. The monoisotopic (exact) mass is 155 g/mol. The second-order valence-corrected chi connectivity index (χ2v) is 3.80. The third-order valence-corrected chi connectivity index (χ3v) is 2.90. The molecule has 1 saturated carbocycles. The highest BCUT2D eigenvalue weighted by Crippen LogP contribution is 2.32. The van der Waals surface area contributed by atoms with Crippen LogP contribution in [0.1, 0.15) is 32.1 Å². The van der Waals surface area contributed by atoms with Crippen LogP contribution in [0.2, 0.25) is 0 Å². The zero-order chi connectivity index (χ0) is 7.68. The van der Waals surface area contributed by atoms with Gasteiger partial charge in [0.25, 0.3) is 0 Å². The summed E-state index contributed by atoms with van der Waals surface area (Å²) >= 11 is 0. The number of rotatable bonds is 2. The predicted octanol–water partition coefficient (Wildman–Crippen LogP) is 0.996. The molecule has 0 aromatic carbocycles. The topological polar surface area (TPSA) is 23.5 Å². The Morgan fingerprint density at radius 2 is 2.00 bits per heavy atom. The van der Waals surface area contributed by atoms with E-state index >= 15 is 0 Å². The number of hydrogen-bond donors (Lipinski definition) is 1. The third-order valence-electron chi connectivity index (χ3n) is 2.90. The molecule has 1 aliphatic carbocycles. The summed E-state index contributed by atoms with van der Waals surface area (Å²) in [5, 5.41) is 9.10. The first kappa shape index (κ1) is 7.56. The van der Waals surface area contributed by atoms with Gasteiger partial charge in [-0.05, 0) is 32.2 Å². The van der Waals surface area contributed by atoms with Gasteiger partial charge in [-0.3, -0.25) is 4.90 Å². The average Bonchev–Trinajstić information content (AvgIpc) is 2.87. The molecule has 0 radical (unpaired) electrons. The summed E-state index contributed by atoms with van der Waals surface area (Å²) in [7, 11) is 0. The molecule has 0 amide bonds. The van der Waals surface area contributed by atoms with E-state index in [1.807, 2.05) is 0 Å². The third kappa shape index (κ3) is 1.57. The van der Waals surface area contributed by atoms with E-state index in [-0.39, 0.29) is 0 Å². The molecule has 1 aliphatic heterocycles. The molecule has 0 aromatic heterocycles. The lowest BCUT2D eigenvalue weighted by Gasteiger charge is -2.34. The van der Waals surface area contributed by atoms with Gasteiger partial charge in [0.1, 0.15) is 0 Å². The van der Waals surface area contributed by atoms with E-state index in [1.54, 1.807) is 0 Å². The van der Waals surface area contributed by atoms with Gasteiger partial charge in [0.05, 0.1) is 6.61 Å². The molecule has 1 unspecified atom stereocenters. The summed E-state index contributed by atoms with van der Waals surface area (Å²) in [6.45, 7) is 1.60. The molecule has 1 saturated heterocycles. The average molecular weight is 155 g/mol. The first-order valence-electron chi connectivity index (χ1n) is 4.78. The van der Waals surface area contributed by atoms with Gasteiger partial charge in [-0.2, -0.15) is 0 Å². The van der Waals surface area contributed by atoms with Crippen LogP contribution in [-0.4, -0.2) is 35.2 Å². The molecule has 11 heavy (non-hydrogen) atoms. The molecule has 2 aliphatic rings. The molecule has 1 N–H and O–H groups in total. The highest BCUT2D eigenvalue weighted by molar-refractivity contribution is 4.90. The molecular formula is C9H17NO. The van der Waals surface area contributed by atoms with Crippen molar-refractivity contribution >= 4 is 0 Å². The minimum absolute atomic E-state index is 0.372. The van der Waals surface area contributed by atoms with Crippen molar-refractivity contribution in [3.8, 4) is 0 Å². The lowest BCUT2D eigenvalue weighted by Crippen LogP contribution is -2.43.